The lowest BCUT2D eigenvalue weighted by Crippen LogP contribution is -2.29. The molecule has 0 atom stereocenters. The summed E-state index contributed by atoms with van der Waals surface area (Å²) in [5.74, 6) is 0.481. The monoisotopic (exact) mass is 417 g/mol. The summed E-state index contributed by atoms with van der Waals surface area (Å²) in [6, 6.07) is 7.53. The summed E-state index contributed by atoms with van der Waals surface area (Å²) in [5.41, 5.74) is 1.72. The van der Waals surface area contributed by atoms with E-state index in [0.717, 1.165) is 60.8 Å². The van der Waals surface area contributed by atoms with Crippen LogP contribution in [0, 0.1) is 6.92 Å². The molecule has 2 amide bonds. The summed E-state index contributed by atoms with van der Waals surface area (Å²) in [7, 11) is 0. The van der Waals surface area contributed by atoms with Gasteiger partial charge in [-0.2, -0.15) is 0 Å². The molecule has 1 aromatic carbocycles. The fourth-order valence-corrected chi connectivity index (χ4v) is 4.96. The second-order valence-electron chi connectivity index (χ2n) is 6.97. The van der Waals surface area contributed by atoms with Gasteiger partial charge in [0.15, 0.2) is 0 Å². The molecule has 150 valence electrons. The zero-order chi connectivity index (χ0) is 19.8. The van der Waals surface area contributed by atoms with Crippen molar-refractivity contribution in [2.75, 3.05) is 25.4 Å². The van der Waals surface area contributed by atoms with Crippen molar-refractivity contribution in [3.05, 3.63) is 45.9 Å². The lowest BCUT2D eigenvalue weighted by atomic mass is 10.2. The first kappa shape index (κ1) is 20.9. The highest BCUT2D eigenvalue weighted by atomic mass is 32.2. The van der Waals surface area contributed by atoms with Gasteiger partial charge in [-0.3, -0.25) is 9.59 Å². The molecule has 1 aromatic heterocycles. The third-order valence-electron chi connectivity index (χ3n) is 4.71. The molecule has 7 heteroatoms. The lowest BCUT2D eigenvalue weighted by molar-refractivity contribution is -0.127. The minimum Gasteiger partial charge on any atom is -0.352 e. The van der Waals surface area contributed by atoms with Gasteiger partial charge in [0.1, 0.15) is 0 Å². The smallest absolute Gasteiger partial charge is 0.252 e. The molecule has 1 aliphatic rings. The summed E-state index contributed by atoms with van der Waals surface area (Å²) >= 11 is 3.15. The van der Waals surface area contributed by atoms with Crippen LogP contribution in [0.3, 0.4) is 0 Å². The van der Waals surface area contributed by atoms with Gasteiger partial charge in [-0.25, -0.2) is 4.98 Å². The molecule has 0 unspecified atom stereocenters. The molecule has 28 heavy (non-hydrogen) atoms. The number of aryl methyl sites for hydroxylation is 2. The summed E-state index contributed by atoms with van der Waals surface area (Å²) in [4.78, 5) is 32.1. The first-order chi connectivity index (χ1) is 13.6. The molecule has 5 nitrogen and oxygen atoms in total. The van der Waals surface area contributed by atoms with Crippen molar-refractivity contribution in [1.82, 2.24) is 15.2 Å². The Morgan fingerprint density at radius 1 is 1.21 bits per heavy atom. The van der Waals surface area contributed by atoms with E-state index in [1.165, 1.54) is 11.8 Å². The number of thioether (sulfide) groups is 1. The van der Waals surface area contributed by atoms with Gasteiger partial charge in [0.05, 0.1) is 16.3 Å². The number of nitrogens with zero attached hydrogens (tertiary/aromatic N) is 2. The molecule has 1 saturated heterocycles. The van der Waals surface area contributed by atoms with E-state index in [1.54, 1.807) is 11.3 Å². The minimum absolute atomic E-state index is 0.0678. The number of unbranched alkanes of at least 4 members (excludes halogenated alkanes) is 1. The highest BCUT2D eigenvalue weighted by Gasteiger charge is 2.19. The van der Waals surface area contributed by atoms with Crippen LogP contribution < -0.4 is 5.32 Å². The van der Waals surface area contributed by atoms with Gasteiger partial charge in [-0.15, -0.1) is 23.1 Å². The maximum atomic E-state index is 12.6. The Labute approximate surface area is 174 Å². The van der Waals surface area contributed by atoms with Crippen molar-refractivity contribution < 1.29 is 9.59 Å². The number of rotatable bonds is 9. The lowest BCUT2D eigenvalue weighted by Gasteiger charge is -2.15. The van der Waals surface area contributed by atoms with E-state index in [9.17, 15) is 9.59 Å². The summed E-state index contributed by atoms with van der Waals surface area (Å²) in [5, 5.41) is 6.24. The fourth-order valence-electron chi connectivity index (χ4n) is 3.19. The maximum Gasteiger partial charge on any atom is 0.252 e. The van der Waals surface area contributed by atoms with Gasteiger partial charge >= 0.3 is 0 Å². The summed E-state index contributed by atoms with van der Waals surface area (Å²) in [6.45, 7) is 4.38. The van der Waals surface area contributed by atoms with Gasteiger partial charge in [0.25, 0.3) is 5.91 Å². The Morgan fingerprint density at radius 3 is 2.75 bits per heavy atom. The number of hydrogen-bond donors (Lipinski definition) is 1. The molecule has 0 spiro atoms. The average molecular weight is 418 g/mol. The van der Waals surface area contributed by atoms with E-state index in [-0.39, 0.29) is 11.8 Å². The summed E-state index contributed by atoms with van der Waals surface area (Å²) < 4.78 is 0. The van der Waals surface area contributed by atoms with Gasteiger partial charge in [0.2, 0.25) is 5.91 Å². The van der Waals surface area contributed by atoms with Crippen LogP contribution >= 0.6 is 23.1 Å². The molecule has 2 heterocycles. The molecule has 3 rings (SSSR count). The molecule has 0 aliphatic carbocycles. The Hall–Kier alpha value is -1.86. The van der Waals surface area contributed by atoms with E-state index in [2.05, 4.69) is 15.7 Å². The van der Waals surface area contributed by atoms with Gasteiger partial charge in [-0.1, -0.05) is 12.1 Å². The highest BCUT2D eigenvalue weighted by molar-refractivity contribution is 8.00. The number of benzene rings is 1. The van der Waals surface area contributed by atoms with E-state index >= 15 is 0 Å². The van der Waals surface area contributed by atoms with Crippen LogP contribution in [0.4, 0.5) is 0 Å². The van der Waals surface area contributed by atoms with Crippen LogP contribution in [0.25, 0.3) is 0 Å². The Bertz CT molecular complexity index is 800. The molecule has 2 aromatic rings. The van der Waals surface area contributed by atoms with Crippen molar-refractivity contribution in [2.45, 2.75) is 43.9 Å². The largest absolute Gasteiger partial charge is 0.352 e. The molecule has 0 saturated carbocycles. The average Bonchev–Trinajstić information content (AvgIpc) is 3.38. The van der Waals surface area contributed by atoms with Crippen molar-refractivity contribution in [3.63, 3.8) is 0 Å². The van der Waals surface area contributed by atoms with Gasteiger partial charge < -0.3 is 10.2 Å². The molecule has 0 bridgehead atoms. The van der Waals surface area contributed by atoms with Crippen LogP contribution in [0.2, 0.25) is 0 Å². The molecular formula is C21H27N3O2S2. The molecule has 1 aliphatic heterocycles. The predicted molar refractivity (Wildman–Crippen MR) is 115 cm³/mol. The van der Waals surface area contributed by atoms with E-state index in [4.69, 9.17) is 0 Å². The number of hydrogen-bond acceptors (Lipinski definition) is 5. The second kappa shape index (κ2) is 10.6. The Morgan fingerprint density at radius 2 is 2.00 bits per heavy atom. The minimum atomic E-state index is -0.0678. The van der Waals surface area contributed by atoms with E-state index < -0.39 is 0 Å². The number of thiazole rings is 1. The molecular weight excluding hydrogens is 390 g/mol. The Balaban J connectivity index is 1.43. The SMILES string of the molecule is Cc1csc(CCCCNC(=O)c2ccccc2SCC(=O)N2CCCC2)n1. The summed E-state index contributed by atoms with van der Waals surface area (Å²) in [6.07, 6.45) is 5.08. The molecule has 0 radical (unpaired) electrons. The maximum absolute atomic E-state index is 12.6. The van der Waals surface area contributed by atoms with Crippen LogP contribution in [-0.2, 0) is 11.2 Å². The van der Waals surface area contributed by atoms with Gasteiger partial charge in [0, 0.05) is 35.6 Å². The van der Waals surface area contributed by atoms with Crippen LogP contribution in [0.15, 0.2) is 34.5 Å². The number of amides is 2. The van der Waals surface area contributed by atoms with E-state index in [0.29, 0.717) is 17.9 Å². The zero-order valence-corrected chi connectivity index (χ0v) is 17.9. The third kappa shape index (κ3) is 6.07. The normalized spacial score (nSPS) is 13.7. The van der Waals surface area contributed by atoms with Gasteiger partial charge in [-0.05, 0) is 51.2 Å². The number of likely N-dealkylation sites (tertiary alicyclic amines) is 1. The quantitative estimate of drug-likeness (QED) is 0.496. The number of carbonyl (C=O) groups is 2. The number of aromatic nitrogens is 1. The van der Waals surface area contributed by atoms with Crippen LogP contribution in [-0.4, -0.2) is 47.1 Å². The third-order valence-corrected chi connectivity index (χ3v) is 6.80. The first-order valence-corrected chi connectivity index (χ1v) is 11.7. The fraction of sp³-hybridized carbons (Fsp3) is 0.476. The standard InChI is InChI=1S/C21H27N3O2S2/c1-16-14-28-19(23-16)10-4-5-11-22-21(26)17-8-2-3-9-18(17)27-15-20(25)24-12-6-7-13-24/h2-3,8-9,14H,4-7,10-13,15H2,1H3,(H,22,26). The van der Waals surface area contributed by atoms with Crippen LogP contribution in [0.1, 0.15) is 46.7 Å². The van der Waals surface area contributed by atoms with Crippen molar-refractivity contribution in [1.29, 1.82) is 0 Å². The van der Waals surface area contributed by atoms with Crippen molar-refractivity contribution in [3.8, 4) is 0 Å². The Kier molecular flexibility index (Phi) is 7.91. The highest BCUT2D eigenvalue weighted by Crippen LogP contribution is 2.23. The zero-order valence-electron chi connectivity index (χ0n) is 16.3. The molecule has 1 fully saturated rings. The topological polar surface area (TPSA) is 62.3 Å². The second-order valence-corrected chi connectivity index (χ2v) is 8.93. The van der Waals surface area contributed by atoms with Crippen molar-refractivity contribution in [2.24, 2.45) is 0 Å². The first-order valence-electron chi connectivity index (χ1n) is 9.82. The van der Waals surface area contributed by atoms with Crippen LogP contribution in [0.5, 0.6) is 0 Å². The molecule has 1 N–H and O–H groups in total. The number of carbonyl (C=O) groups excluding carboxylic acids is 2. The van der Waals surface area contributed by atoms with E-state index in [1.807, 2.05) is 36.1 Å². The van der Waals surface area contributed by atoms with Crippen molar-refractivity contribution >= 4 is 34.9 Å². The number of nitrogens with one attached hydrogen (secondary N) is 1. The predicted octanol–water partition coefficient (Wildman–Crippen LogP) is 3.92.